The molecule has 0 bridgehead atoms. The van der Waals surface area contributed by atoms with E-state index in [9.17, 15) is 14.4 Å². The molecule has 1 saturated heterocycles. The lowest BCUT2D eigenvalue weighted by Crippen LogP contribution is -2.50. The van der Waals surface area contributed by atoms with Crippen molar-refractivity contribution in [1.29, 1.82) is 0 Å². The first kappa shape index (κ1) is 12.5. The first-order chi connectivity index (χ1) is 7.21. The number of hydrogen-bond donors (Lipinski definition) is 2. The number of carbonyl (C=O) groups excluding carboxylic acids is 2. The number of nitrogens with one attached hydrogen (secondary N) is 1. The van der Waals surface area contributed by atoms with Gasteiger partial charge < -0.3 is 10.4 Å². The maximum atomic E-state index is 12.0. The van der Waals surface area contributed by atoms with Gasteiger partial charge in [0.15, 0.2) is 0 Å². The first-order valence-corrected chi connectivity index (χ1v) is 5.10. The lowest BCUT2D eigenvalue weighted by Gasteiger charge is -2.26. The molecule has 1 fully saturated rings. The maximum Gasteiger partial charge on any atom is 0.326 e. The topological polar surface area (TPSA) is 86.7 Å². The molecule has 2 unspecified atom stereocenters. The Balaban J connectivity index is 3.05. The third-order valence-electron chi connectivity index (χ3n) is 3.15. The minimum absolute atomic E-state index is 0.102. The number of amides is 3. The van der Waals surface area contributed by atoms with Crippen LogP contribution in [0.4, 0.5) is 4.79 Å². The van der Waals surface area contributed by atoms with Gasteiger partial charge in [-0.25, -0.2) is 14.5 Å². The van der Waals surface area contributed by atoms with E-state index in [-0.39, 0.29) is 5.92 Å². The van der Waals surface area contributed by atoms with Gasteiger partial charge in [0, 0.05) is 0 Å². The summed E-state index contributed by atoms with van der Waals surface area (Å²) in [6.45, 7) is 6.51. The van der Waals surface area contributed by atoms with E-state index >= 15 is 0 Å². The molecule has 0 radical (unpaired) electrons. The van der Waals surface area contributed by atoms with Gasteiger partial charge in [-0.3, -0.25) is 4.79 Å². The number of imide groups is 1. The lowest BCUT2D eigenvalue weighted by atomic mass is 9.88. The van der Waals surface area contributed by atoms with Crippen LogP contribution < -0.4 is 5.32 Å². The highest BCUT2D eigenvalue weighted by Gasteiger charge is 2.52. The van der Waals surface area contributed by atoms with Crippen molar-refractivity contribution in [2.24, 2.45) is 5.92 Å². The Morgan fingerprint density at radius 3 is 2.19 bits per heavy atom. The fourth-order valence-corrected chi connectivity index (χ4v) is 1.53. The summed E-state index contributed by atoms with van der Waals surface area (Å²) in [5.41, 5.74) is -1.01. The molecule has 90 valence electrons. The molecule has 0 aliphatic carbocycles. The smallest absolute Gasteiger partial charge is 0.326 e. The van der Waals surface area contributed by atoms with Crippen molar-refractivity contribution in [2.45, 2.75) is 39.3 Å². The quantitative estimate of drug-likeness (QED) is 0.685. The molecule has 16 heavy (non-hydrogen) atoms. The highest BCUT2D eigenvalue weighted by molar-refractivity contribution is 6.09. The van der Waals surface area contributed by atoms with Gasteiger partial charge in [-0.1, -0.05) is 13.8 Å². The van der Waals surface area contributed by atoms with E-state index in [4.69, 9.17) is 5.11 Å². The zero-order valence-electron chi connectivity index (χ0n) is 9.77. The van der Waals surface area contributed by atoms with Crippen LogP contribution in [-0.4, -0.2) is 39.5 Å². The Kier molecular flexibility index (Phi) is 2.94. The van der Waals surface area contributed by atoms with Gasteiger partial charge in [0.1, 0.15) is 11.6 Å². The third-order valence-corrected chi connectivity index (χ3v) is 3.15. The monoisotopic (exact) mass is 228 g/mol. The van der Waals surface area contributed by atoms with E-state index < -0.39 is 29.5 Å². The fourth-order valence-electron chi connectivity index (χ4n) is 1.53. The molecule has 3 amide bonds. The zero-order valence-corrected chi connectivity index (χ0v) is 9.77. The van der Waals surface area contributed by atoms with E-state index in [0.29, 0.717) is 0 Å². The minimum Gasteiger partial charge on any atom is -0.480 e. The average molecular weight is 228 g/mol. The van der Waals surface area contributed by atoms with Gasteiger partial charge in [0.2, 0.25) is 0 Å². The summed E-state index contributed by atoms with van der Waals surface area (Å²) in [6, 6.07) is -1.79. The zero-order chi connectivity index (χ0) is 12.7. The summed E-state index contributed by atoms with van der Waals surface area (Å²) in [7, 11) is 0. The molecule has 1 aliphatic heterocycles. The van der Waals surface area contributed by atoms with Crippen molar-refractivity contribution < 1.29 is 19.5 Å². The van der Waals surface area contributed by atoms with E-state index in [0.717, 1.165) is 4.90 Å². The molecule has 2 N–H and O–H groups in total. The molecule has 0 aromatic rings. The predicted molar refractivity (Wildman–Crippen MR) is 55.7 cm³/mol. The second-order valence-electron chi connectivity index (χ2n) is 4.48. The van der Waals surface area contributed by atoms with Crippen molar-refractivity contribution in [3.63, 3.8) is 0 Å². The molecule has 0 saturated carbocycles. The number of carbonyl (C=O) groups is 3. The van der Waals surface area contributed by atoms with Crippen LogP contribution in [0.5, 0.6) is 0 Å². The number of carboxylic acid groups (broad SMARTS) is 1. The SMILES string of the molecule is CC(C(=O)O)N1C(=O)NC(C)(C(C)C)C1=O. The Hall–Kier alpha value is -1.59. The Morgan fingerprint density at radius 1 is 1.38 bits per heavy atom. The second kappa shape index (κ2) is 3.77. The van der Waals surface area contributed by atoms with Crippen LogP contribution in [0, 0.1) is 5.92 Å². The molecular formula is C10H16N2O4. The summed E-state index contributed by atoms with van der Waals surface area (Å²) in [6.07, 6.45) is 0. The second-order valence-corrected chi connectivity index (χ2v) is 4.48. The van der Waals surface area contributed by atoms with Gasteiger partial charge in [0.25, 0.3) is 5.91 Å². The Labute approximate surface area is 93.6 Å². The van der Waals surface area contributed by atoms with Crippen molar-refractivity contribution in [3.05, 3.63) is 0 Å². The van der Waals surface area contributed by atoms with E-state index in [1.54, 1.807) is 20.8 Å². The van der Waals surface area contributed by atoms with Crippen LogP contribution >= 0.6 is 0 Å². The average Bonchev–Trinajstić information content (AvgIpc) is 2.38. The Bertz CT molecular complexity index is 353. The summed E-state index contributed by atoms with van der Waals surface area (Å²) >= 11 is 0. The van der Waals surface area contributed by atoms with Gasteiger partial charge >= 0.3 is 12.0 Å². The normalized spacial score (nSPS) is 27.2. The summed E-state index contributed by atoms with van der Waals surface area (Å²) < 4.78 is 0. The van der Waals surface area contributed by atoms with Crippen LogP contribution in [0.2, 0.25) is 0 Å². The van der Waals surface area contributed by atoms with Crippen LogP contribution in [0.3, 0.4) is 0 Å². The van der Waals surface area contributed by atoms with Gasteiger partial charge in [-0.15, -0.1) is 0 Å². The molecule has 6 heteroatoms. The van der Waals surface area contributed by atoms with Crippen molar-refractivity contribution in [3.8, 4) is 0 Å². The lowest BCUT2D eigenvalue weighted by molar-refractivity contribution is -0.147. The number of rotatable bonds is 3. The molecular weight excluding hydrogens is 212 g/mol. The summed E-state index contributed by atoms with van der Waals surface area (Å²) in [5, 5.41) is 11.4. The van der Waals surface area contributed by atoms with Crippen molar-refractivity contribution in [2.75, 3.05) is 0 Å². The molecule has 2 atom stereocenters. The molecule has 1 aliphatic rings. The molecule has 0 aromatic carbocycles. The minimum atomic E-state index is -1.20. The fraction of sp³-hybridized carbons (Fsp3) is 0.700. The van der Waals surface area contributed by atoms with E-state index in [1.807, 2.05) is 0 Å². The number of aliphatic carboxylic acids is 1. The van der Waals surface area contributed by atoms with Crippen LogP contribution in [0.25, 0.3) is 0 Å². The molecule has 0 spiro atoms. The van der Waals surface area contributed by atoms with Crippen LogP contribution in [-0.2, 0) is 9.59 Å². The summed E-state index contributed by atoms with van der Waals surface area (Å²) in [5.74, 6) is -1.78. The van der Waals surface area contributed by atoms with Crippen LogP contribution in [0.15, 0.2) is 0 Å². The standard InChI is InChI=1S/C10H16N2O4/c1-5(2)10(4)8(15)12(9(16)11-10)6(3)7(13)14/h5-6H,1-4H3,(H,11,16)(H,13,14). The molecule has 1 heterocycles. The van der Waals surface area contributed by atoms with Gasteiger partial charge in [-0.2, -0.15) is 0 Å². The van der Waals surface area contributed by atoms with Crippen molar-refractivity contribution >= 4 is 17.9 Å². The highest BCUT2D eigenvalue weighted by Crippen LogP contribution is 2.26. The van der Waals surface area contributed by atoms with Gasteiger partial charge in [-0.05, 0) is 19.8 Å². The Morgan fingerprint density at radius 2 is 1.88 bits per heavy atom. The predicted octanol–water partition coefficient (Wildman–Crippen LogP) is 0.426. The maximum absolute atomic E-state index is 12.0. The highest BCUT2D eigenvalue weighted by atomic mass is 16.4. The number of carboxylic acids is 1. The number of hydrogen-bond acceptors (Lipinski definition) is 3. The number of urea groups is 1. The number of nitrogens with zero attached hydrogens (tertiary/aromatic N) is 1. The van der Waals surface area contributed by atoms with Crippen LogP contribution in [0.1, 0.15) is 27.7 Å². The molecule has 1 rings (SSSR count). The first-order valence-electron chi connectivity index (χ1n) is 5.10. The largest absolute Gasteiger partial charge is 0.480 e. The third kappa shape index (κ3) is 1.64. The molecule has 6 nitrogen and oxygen atoms in total. The van der Waals surface area contributed by atoms with Gasteiger partial charge in [0.05, 0.1) is 0 Å². The van der Waals surface area contributed by atoms with E-state index in [1.165, 1.54) is 6.92 Å². The molecule has 0 aromatic heterocycles. The van der Waals surface area contributed by atoms with E-state index in [2.05, 4.69) is 5.32 Å². The summed E-state index contributed by atoms with van der Waals surface area (Å²) in [4.78, 5) is 35.1. The van der Waals surface area contributed by atoms with Crippen molar-refractivity contribution in [1.82, 2.24) is 10.2 Å².